The van der Waals surface area contributed by atoms with E-state index < -0.39 is 0 Å². The number of alkyl halides is 1. The van der Waals surface area contributed by atoms with Crippen LogP contribution in [0.1, 0.15) is 5.56 Å². The standard InChI is InChI=1S/C7H7BrN2/c8-5-6-1-3-7(10-9)4-2-6/h1-4,10H,5H2. The first-order valence-corrected chi connectivity index (χ1v) is 4.04. The van der Waals surface area contributed by atoms with Gasteiger partial charge in [-0.25, -0.2) is 0 Å². The van der Waals surface area contributed by atoms with Crippen LogP contribution < -0.4 is 5.11 Å². The van der Waals surface area contributed by atoms with Crippen molar-refractivity contribution in [2.75, 3.05) is 0 Å². The molecule has 1 aromatic carbocycles. The van der Waals surface area contributed by atoms with Crippen molar-refractivity contribution in [2.24, 2.45) is 0 Å². The van der Waals surface area contributed by atoms with Crippen molar-refractivity contribution in [1.82, 2.24) is 0 Å². The van der Waals surface area contributed by atoms with Crippen molar-refractivity contribution in [3.8, 4) is 0 Å². The van der Waals surface area contributed by atoms with E-state index in [9.17, 15) is 0 Å². The minimum absolute atomic E-state index is 0.713. The molecule has 0 bridgehead atoms. The highest BCUT2D eigenvalue weighted by Gasteiger charge is 1.91. The zero-order valence-electron chi connectivity index (χ0n) is 5.34. The Morgan fingerprint density at radius 1 is 1.30 bits per heavy atom. The van der Waals surface area contributed by atoms with Crippen LogP contribution in [0.25, 0.3) is 5.53 Å². The van der Waals surface area contributed by atoms with Gasteiger partial charge in [0.2, 0.25) is 0 Å². The van der Waals surface area contributed by atoms with Crippen LogP contribution in [0.5, 0.6) is 0 Å². The van der Waals surface area contributed by atoms with Gasteiger partial charge in [0.15, 0.2) is 5.69 Å². The van der Waals surface area contributed by atoms with Gasteiger partial charge in [0.05, 0.1) is 0 Å². The zero-order valence-corrected chi connectivity index (χ0v) is 6.93. The molecule has 0 saturated carbocycles. The Morgan fingerprint density at radius 3 is 2.30 bits per heavy atom. The summed E-state index contributed by atoms with van der Waals surface area (Å²) in [5, 5.41) is 2.91. The maximum atomic E-state index is 8.44. The normalized spacial score (nSPS) is 9.30. The molecule has 0 aromatic heterocycles. The van der Waals surface area contributed by atoms with E-state index in [1.807, 2.05) is 24.3 Å². The molecule has 52 valence electrons. The Morgan fingerprint density at radius 2 is 1.90 bits per heavy atom. The monoisotopic (exact) mass is 198 g/mol. The first-order valence-electron chi connectivity index (χ1n) is 2.92. The van der Waals surface area contributed by atoms with Gasteiger partial charge in [-0.15, -0.1) is 0 Å². The molecule has 0 atom stereocenters. The summed E-state index contributed by atoms with van der Waals surface area (Å²) in [4.78, 5) is 0. The lowest BCUT2D eigenvalue weighted by molar-refractivity contribution is -0.379. The first-order chi connectivity index (χ1) is 4.86. The molecule has 0 aliphatic heterocycles. The van der Waals surface area contributed by atoms with Gasteiger partial charge < -0.3 is 5.53 Å². The summed E-state index contributed by atoms with van der Waals surface area (Å²) in [6.07, 6.45) is 0. The van der Waals surface area contributed by atoms with Crippen molar-refractivity contribution in [3.05, 3.63) is 35.4 Å². The van der Waals surface area contributed by atoms with Crippen LogP contribution in [0, 0.1) is 0 Å². The van der Waals surface area contributed by atoms with Crippen molar-refractivity contribution >= 4 is 21.6 Å². The van der Waals surface area contributed by atoms with Gasteiger partial charge in [0.1, 0.15) is 0 Å². The van der Waals surface area contributed by atoms with Crippen LogP contribution >= 0.6 is 15.9 Å². The third-order valence-electron chi connectivity index (χ3n) is 1.24. The summed E-state index contributed by atoms with van der Waals surface area (Å²) in [5.41, 5.74) is 10.3. The summed E-state index contributed by atoms with van der Waals surface area (Å²) in [7, 11) is 0. The number of nitrogens with zero attached hydrogens (tertiary/aromatic N) is 1. The highest BCUT2D eigenvalue weighted by atomic mass is 79.9. The first kappa shape index (κ1) is 7.41. The molecule has 0 spiro atoms. The van der Waals surface area contributed by atoms with E-state index in [-0.39, 0.29) is 0 Å². The average Bonchev–Trinajstić information content (AvgIpc) is 2.05. The van der Waals surface area contributed by atoms with E-state index in [2.05, 4.69) is 21.0 Å². The predicted molar refractivity (Wildman–Crippen MR) is 43.1 cm³/mol. The Labute approximate surface area is 67.9 Å². The van der Waals surface area contributed by atoms with Crippen molar-refractivity contribution in [3.63, 3.8) is 0 Å². The largest absolute Gasteiger partial charge is 0.502 e. The van der Waals surface area contributed by atoms with E-state index in [0.29, 0.717) is 5.69 Å². The van der Waals surface area contributed by atoms with E-state index >= 15 is 0 Å². The van der Waals surface area contributed by atoms with Gasteiger partial charge >= 0.3 is 0 Å². The summed E-state index contributed by atoms with van der Waals surface area (Å²) in [6, 6.07) is 7.51. The van der Waals surface area contributed by atoms with E-state index in [1.165, 1.54) is 5.56 Å². The predicted octanol–water partition coefficient (Wildman–Crippen LogP) is 1.32. The second-order valence-corrected chi connectivity index (χ2v) is 2.50. The van der Waals surface area contributed by atoms with Gasteiger partial charge in [0.25, 0.3) is 0 Å². The van der Waals surface area contributed by atoms with Crippen LogP contribution in [0.15, 0.2) is 24.3 Å². The number of nitrogens with one attached hydrogen (secondary N) is 1. The van der Waals surface area contributed by atoms with Crippen LogP contribution in [-0.2, 0) is 5.33 Å². The maximum Gasteiger partial charge on any atom is 0.192 e. The van der Waals surface area contributed by atoms with Crippen LogP contribution in [0.2, 0.25) is 0 Å². The topological polar surface area (TPSA) is 36.3 Å². The molecule has 1 N–H and O–H groups in total. The number of hydrogen-bond donors (Lipinski definition) is 1. The Balaban J connectivity index is 2.90. The molecule has 3 heteroatoms. The lowest BCUT2D eigenvalue weighted by Gasteiger charge is -1.92. The Hall–Kier alpha value is -0.700. The van der Waals surface area contributed by atoms with Gasteiger partial charge in [-0.1, -0.05) is 28.1 Å². The fourth-order valence-electron chi connectivity index (χ4n) is 0.668. The molecule has 0 amide bonds. The van der Waals surface area contributed by atoms with Crippen molar-refractivity contribution < 1.29 is 5.11 Å². The Kier molecular flexibility index (Phi) is 2.57. The average molecular weight is 199 g/mol. The summed E-state index contributed by atoms with van der Waals surface area (Å²) in [6.45, 7) is 0. The second kappa shape index (κ2) is 3.46. The third kappa shape index (κ3) is 1.64. The lowest BCUT2D eigenvalue weighted by atomic mass is 10.2. The van der Waals surface area contributed by atoms with Gasteiger partial charge in [-0.3, -0.25) is 5.11 Å². The summed E-state index contributed by atoms with van der Waals surface area (Å²) >= 11 is 3.32. The fraction of sp³-hybridized carbons (Fsp3) is 0.143. The van der Waals surface area contributed by atoms with Crippen molar-refractivity contribution in [1.29, 1.82) is 0 Å². The number of halogens is 1. The third-order valence-corrected chi connectivity index (χ3v) is 1.88. The van der Waals surface area contributed by atoms with Gasteiger partial charge in [0, 0.05) is 17.5 Å². The molecular weight excluding hydrogens is 192 g/mol. The van der Waals surface area contributed by atoms with E-state index in [1.54, 1.807) is 0 Å². The summed E-state index contributed by atoms with van der Waals surface area (Å²) < 4.78 is 0. The van der Waals surface area contributed by atoms with Crippen molar-refractivity contribution in [2.45, 2.75) is 5.33 Å². The number of hydrogen-bond acceptors (Lipinski definition) is 0. The zero-order chi connectivity index (χ0) is 7.40. The molecule has 0 unspecified atom stereocenters. The van der Waals surface area contributed by atoms with Crippen LogP contribution in [0.4, 0.5) is 5.69 Å². The molecule has 0 saturated heterocycles. The molecule has 0 aliphatic rings. The molecule has 0 heterocycles. The van der Waals surface area contributed by atoms with Crippen LogP contribution in [0.3, 0.4) is 0 Å². The van der Waals surface area contributed by atoms with E-state index in [4.69, 9.17) is 5.53 Å². The minimum atomic E-state index is 0.713. The van der Waals surface area contributed by atoms with Crippen LogP contribution in [-0.4, -0.2) is 0 Å². The molecule has 0 radical (unpaired) electrons. The smallest absolute Gasteiger partial charge is 0.192 e. The summed E-state index contributed by atoms with van der Waals surface area (Å²) in [5.74, 6) is 0. The molecule has 2 nitrogen and oxygen atoms in total. The second-order valence-electron chi connectivity index (χ2n) is 1.94. The molecule has 1 aromatic rings. The molecular formula is C7H7BrN2. The molecule has 1 rings (SSSR count). The SMILES string of the molecule is [N-]=[NH+]c1ccc(CBr)cc1. The fourth-order valence-corrected chi connectivity index (χ4v) is 1.04. The van der Waals surface area contributed by atoms with Gasteiger partial charge in [-0.2, -0.15) is 0 Å². The van der Waals surface area contributed by atoms with Gasteiger partial charge in [-0.05, 0) is 5.56 Å². The number of rotatable bonds is 2. The minimum Gasteiger partial charge on any atom is -0.502 e. The van der Waals surface area contributed by atoms with E-state index in [0.717, 1.165) is 5.33 Å². The highest BCUT2D eigenvalue weighted by molar-refractivity contribution is 9.08. The number of benzene rings is 1. The molecule has 0 fully saturated rings. The lowest BCUT2D eigenvalue weighted by Crippen LogP contribution is -2.54. The highest BCUT2D eigenvalue weighted by Crippen LogP contribution is 2.07. The quantitative estimate of drug-likeness (QED) is 0.550. The molecule has 10 heavy (non-hydrogen) atoms. The molecule has 0 aliphatic carbocycles. The Bertz CT molecular complexity index is 218. The maximum absolute atomic E-state index is 8.44.